The molecule has 1 aliphatic rings. The van der Waals surface area contributed by atoms with Crippen molar-refractivity contribution < 1.29 is 19.3 Å². The van der Waals surface area contributed by atoms with E-state index in [2.05, 4.69) is 23.2 Å². The van der Waals surface area contributed by atoms with E-state index in [-0.39, 0.29) is 18.8 Å². The predicted molar refractivity (Wildman–Crippen MR) is 118 cm³/mol. The minimum Gasteiger partial charge on any atom is -0.493 e. The first kappa shape index (κ1) is 21.4. The van der Waals surface area contributed by atoms with E-state index < -0.39 is 0 Å². The lowest BCUT2D eigenvalue weighted by atomic mass is 9.96. The number of rotatable bonds is 7. The zero-order valence-electron chi connectivity index (χ0n) is 18.2. The third-order valence-electron chi connectivity index (χ3n) is 5.71. The van der Waals surface area contributed by atoms with E-state index in [1.54, 1.807) is 14.2 Å². The minimum absolute atomic E-state index is 0.0614. The van der Waals surface area contributed by atoms with E-state index in [1.165, 1.54) is 0 Å². The van der Waals surface area contributed by atoms with Crippen molar-refractivity contribution in [2.24, 2.45) is 7.05 Å². The number of ether oxygens (including phenoxy) is 3. The van der Waals surface area contributed by atoms with Crippen molar-refractivity contribution in [3.8, 4) is 22.8 Å². The summed E-state index contributed by atoms with van der Waals surface area (Å²) < 4.78 is 18.7. The third kappa shape index (κ3) is 4.44. The highest BCUT2D eigenvalue weighted by atomic mass is 16.5. The topological polar surface area (TPSA) is 69.0 Å². The summed E-state index contributed by atoms with van der Waals surface area (Å²) in [4.78, 5) is 2.34. The highest BCUT2D eigenvalue weighted by Gasteiger charge is 2.34. The molecule has 3 aromatic rings. The van der Waals surface area contributed by atoms with Gasteiger partial charge in [0.05, 0.1) is 39.2 Å². The summed E-state index contributed by atoms with van der Waals surface area (Å²) in [7, 11) is 5.19. The standard InChI is InChI=1S/C24H29N3O4/c1-26-14-19(23(25-26)17-7-5-4-6-8-17)15-27-11-12-31-22(16-28)24(27)18-9-10-20(29-2)21(13-18)30-3/h4-10,13-14,22,24,28H,11-12,15-16H2,1-3H3/t22-,24-/m1/s1. The fourth-order valence-corrected chi connectivity index (χ4v) is 4.29. The van der Waals surface area contributed by atoms with Crippen LogP contribution in [0.2, 0.25) is 0 Å². The molecule has 7 nitrogen and oxygen atoms in total. The molecule has 4 rings (SSSR count). The summed E-state index contributed by atoms with van der Waals surface area (Å²) in [5.41, 5.74) is 4.22. The first-order valence-electron chi connectivity index (χ1n) is 10.4. The fourth-order valence-electron chi connectivity index (χ4n) is 4.29. The monoisotopic (exact) mass is 423 g/mol. The van der Waals surface area contributed by atoms with Crippen LogP contribution in [0.4, 0.5) is 0 Å². The van der Waals surface area contributed by atoms with Crippen LogP contribution in [-0.2, 0) is 18.3 Å². The van der Waals surface area contributed by atoms with Crippen molar-refractivity contribution in [3.05, 3.63) is 65.9 Å². The van der Waals surface area contributed by atoms with Gasteiger partial charge in [-0.3, -0.25) is 9.58 Å². The number of aryl methyl sites for hydroxylation is 1. The number of aromatic nitrogens is 2. The van der Waals surface area contributed by atoms with Gasteiger partial charge in [-0.05, 0) is 17.7 Å². The maximum atomic E-state index is 10.0. The van der Waals surface area contributed by atoms with Crippen molar-refractivity contribution >= 4 is 0 Å². The highest BCUT2D eigenvalue weighted by Crippen LogP contribution is 2.37. The van der Waals surface area contributed by atoms with Gasteiger partial charge < -0.3 is 19.3 Å². The molecule has 1 aromatic heterocycles. The van der Waals surface area contributed by atoms with Crippen LogP contribution in [0.25, 0.3) is 11.3 Å². The smallest absolute Gasteiger partial charge is 0.161 e. The number of hydrogen-bond acceptors (Lipinski definition) is 6. The van der Waals surface area contributed by atoms with Gasteiger partial charge in [-0.1, -0.05) is 36.4 Å². The molecule has 1 N–H and O–H groups in total. The van der Waals surface area contributed by atoms with Gasteiger partial charge in [0.1, 0.15) is 6.10 Å². The summed E-state index contributed by atoms with van der Waals surface area (Å²) in [5.74, 6) is 1.34. The molecule has 0 saturated carbocycles. The molecule has 0 unspecified atom stereocenters. The lowest BCUT2D eigenvalue weighted by Gasteiger charge is -2.41. The Bertz CT molecular complexity index is 1010. The maximum absolute atomic E-state index is 10.0. The molecule has 2 aromatic carbocycles. The molecule has 0 amide bonds. The van der Waals surface area contributed by atoms with Crippen molar-refractivity contribution in [2.45, 2.75) is 18.7 Å². The van der Waals surface area contributed by atoms with Crippen molar-refractivity contribution in [3.63, 3.8) is 0 Å². The molecule has 1 saturated heterocycles. The molecular weight excluding hydrogens is 394 g/mol. The SMILES string of the molecule is COc1ccc([C@@H]2[C@@H](CO)OCCN2Cc2cn(C)nc2-c2ccccc2)cc1OC. The Balaban J connectivity index is 1.69. The van der Waals surface area contributed by atoms with Gasteiger partial charge in [0.2, 0.25) is 0 Å². The molecule has 0 radical (unpaired) electrons. The summed E-state index contributed by atoms with van der Waals surface area (Å²) in [6, 6.07) is 16.0. The van der Waals surface area contributed by atoms with Crippen molar-refractivity contribution in [2.75, 3.05) is 34.0 Å². The van der Waals surface area contributed by atoms with Crippen LogP contribution in [0, 0.1) is 0 Å². The predicted octanol–water partition coefficient (Wildman–Crippen LogP) is 3.04. The first-order chi connectivity index (χ1) is 15.1. The second-order valence-electron chi connectivity index (χ2n) is 7.66. The van der Waals surface area contributed by atoms with Gasteiger partial charge in [-0.2, -0.15) is 5.10 Å². The number of aliphatic hydroxyl groups excluding tert-OH is 1. The third-order valence-corrected chi connectivity index (χ3v) is 5.71. The van der Waals surface area contributed by atoms with Crippen LogP contribution in [0.3, 0.4) is 0 Å². The Labute approximate surface area is 182 Å². The molecule has 164 valence electrons. The van der Waals surface area contributed by atoms with Crippen LogP contribution in [0.5, 0.6) is 11.5 Å². The number of aliphatic hydroxyl groups is 1. The molecule has 31 heavy (non-hydrogen) atoms. The Morgan fingerprint density at radius 3 is 2.58 bits per heavy atom. The zero-order chi connectivity index (χ0) is 21.8. The molecular formula is C24H29N3O4. The van der Waals surface area contributed by atoms with Gasteiger partial charge in [-0.25, -0.2) is 0 Å². The molecule has 2 heterocycles. The Morgan fingerprint density at radius 1 is 1.10 bits per heavy atom. The van der Waals surface area contributed by atoms with Crippen LogP contribution in [0.1, 0.15) is 17.2 Å². The second kappa shape index (κ2) is 9.51. The van der Waals surface area contributed by atoms with Crippen LogP contribution >= 0.6 is 0 Å². The maximum Gasteiger partial charge on any atom is 0.161 e. The number of nitrogens with zero attached hydrogens (tertiary/aromatic N) is 3. The van der Waals surface area contributed by atoms with Gasteiger partial charge in [0.15, 0.2) is 11.5 Å². The summed E-state index contributed by atoms with van der Waals surface area (Å²) in [6.45, 7) is 1.94. The van der Waals surface area contributed by atoms with E-state index in [1.807, 2.05) is 48.1 Å². The molecule has 7 heteroatoms. The quantitative estimate of drug-likeness (QED) is 0.630. The molecule has 0 aliphatic carbocycles. The molecule has 0 bridgehead atoms. The van der Waals surface area contributed by atoms with Gasteiger partial charge in [-0.15, -0.1) is 0 Å². The molecule has 1 fully saturated rings. The average molecular weight is 424 g/mol. The minimum atomic E-state index is -0.330. The summed E-state index contributed by atoms with van der Waals surface area (Å²) in [5, 5.41) is 14.8. The zero-order valence-corrected chi connectivity index (χ0v) is 18.2. The van der Waals surface area contributed by atoms with Gasteiger partial charge >= 0.3 is 0 Å². The number of morpholine rings is 1. The summed E-state index contributed by atoms with van der Waals surface area (Å²) >= 11 is 0. The fraction of sp³-hybridized carbons (Fsp3) is 0.375. The largest absolute Gasteiger partial charge is 0.493 e. The van der Waals surface area contributed by atoms with Crippen molar-refractivity contribution in [1.82, 2.24) is 14.7 Å². The Hall–Kier alpha value is -2.87. The van der Waals surface area contributed by atoms with E-state index in [9.17, 15) is 5.11 Å². The second-order valence-corrected chi connectivity index (χ2v) is 7.66. The first-order valence-corrected chi connectivity index (χ1v) is 10.4. The molecule has 0 spiro atoms. The molecule has 1 aliphatic heterocycles. The normalized spacial score (nSPS) is 19.4. The van der Waals surface area contributed by atoms with E-state index >= 15 is 0 Å². The Morgan fingerprint density at radius 2 is 1.87 bits per heavy atom. The van der Waals surface area contributed by atoms with E-state index in [4.69, 9.17) is 19.3 Å². The average Bonchev–Trinajstić information content (AvgIpc) is 3.18. The van der Waals surface area contributed by atoms with Crippen LogP contribution in [0.15, 0.2) is 54.7 Å². The van der Waals surface area contributed by atoms with Crippen molar-refractivity contribution in [1.29, 1.82) is 0 Å². The van der Waals surface area contributed by atoms with E-state index in [0.29, 0.717) is 24.7 Å². The number of methoxy groups -OCH3 is 2. The van der Waals surface area contributed by atoms with Crippen LogP contribution < -0.4 is 9.47 Å². The number of hydrogen-bond donors (Lipinski definition) is 1. The molecule has 2 atom stereocenters. The highest BCUT2D eigenvalue weighted by molar-refractivity contribution is 5.62. The summed E-state index contributed by atoms with van der Waals surface area (Å²) in [6.07, 6.45) is 1.74. The van der Waals surface area contributed by atoms with Gasteiger partial charge in [0, 0.05) is 37.5 Å². The number of benzene rings is 2. The van der Waals surface area contributed by atoms with E-state index in [0.717, 1.165) is 28.9 Å². The van der Waals surface area contributed by atoms with Gasteiger partial charge in [0.25, 0.3) is 0 Å². The Kier molecular flexibility index (Phi) is 6.56. The van der Waals surface area contributed by atoms with Crippen LogP contribution in [-0.4, -0.2) is 59.9 Å². The lowest BCUT2D eigenvalue weighted by Crippen LogP contribution is -2.46. The lowest BCUT2D eigenvalue weighted by molar-refractivity contribution is -0.0960.